The number of ether oxygens (including phenoxy) is 1. The molecular weight excluding hydrogens is 370 g/mol. The number of hydrogen-bond donors (Lipinski definition) is 2. The molecule has 2 N–H and O–H groups in total. The number of anilines is 1. The molecule has 8 heteroatoms. The van der Waals surface area contributed by atoms with Crippen LogP contribution in [0.1, 0.15) is 6.42 Å². The molecule has 0 bridgehead atoms. The molecule has 3 saturated heterocycles. The van der Waals surface area contributed by atoms with Crippen molar-refractivity contribution in [3.8, 4) is 11.5 Å². The molecule has 3 amide bonds. The van der Waals surface area contributed by atoms with Gasteiger partial charge in [-0.25, -0.2) is 4.79 Å². The highest BCUT2D eigenvalue weighted by molar-refractivity contribution is 6.00. The molecule has 2 aromatic carbocycles. The summed E-state index contributed by atoms with van der Waals surface area (Å²) >= 11 is 0. The van der Waals surface area contributed by atoms with Crippen LogP contribution in [0.2, 0.25) is 0 Å². The number of imide groups is 1. The van der Waals surface area contributed by atoms with Crippen molar-refractivity contribution in [3.63, 3.8) is 0 Å². The predicted octanol–water partition coefficient (Wildman–Crippen LogP) is 1.75. The molecule has 0 aliphatic carbocycles. The van der Waals surface area contributed by atoms with Crippen molar-refractivity contribution in [2.75, 3.05) is 25.0 Å². The first-order chi connectivity index (χ1) is 14.1. The zero-order valence-electron chi connectivity index (χ0n) is 16.1. The van der Waals surface area contributed by atoms with Gasteiger partial charge < -0.3 is 14.5 Å². The fraction of sp³-hybridized carbons (Fsp3) is 0.333. The van der Waals surface area contributed by atoms with Gasteiger partial charge in [-0.2, -0.15) is 0 Å². The Kier molecular flexibility index (Phi) is 4.37. The molecule has 3 unspecified atom stereocenters. The summed E-state index contributed by atoms with van der Waals surface area (Å²) < 4.78 is 5.88. The molecule has 3 heterocycles. The van der Waals surface area contributed by atoms with E-state index in [0.29, 0.717) is 0 Å². The Morgan fingerprint density at radius 3 is 2.45 bits per heavy atom. The largest absolute Gasteiger partial charge is 0.457 e. The Bertz CT molecular complexity index is 920. The first kappa shape index (κ1) is 18.0. The first-order valence-electron chi connectivity index (χ1n) is 9.81. The standard InChI is InChI=1S/C21H23N5O3/c1-24-18-17(19(27)23-21(24)28)26-13-5-12-25(20(26)22-18)14-8-10-16(11-9-14)29-15-6-3-2-4-7-15/h2-4,6-11,17-18,20,22H,5,12-13H2,1H3,(H,23,27,28). The van der Waals surface area contributed by atoms with Crippen molar-refractivity contribution in [1.82, 2.24) is 20.4 Å². The minimum atomic E-state index is -0.383. The lowest BCUT2D eigenvalue weighted by Gasteiger charge is -2.42. The summed E-state index contributed by atoms with van der Waals surface area (Å²) in [5.41, 5.74) is 1.04. The van der Waals surface area contributed by atoms with Crippen LogP contribution >= 0.6 is 0 Å². The normalized spacial score (nSPS) is 26.7. The lowest BCUT2D eigenvalue weighted by Crippen LogP contribution is -2.65. The third-order valence-electron chi connectivity index (χ3n) is 5.78. The predicted molar refractivity (Wildman–Crippen MR) is 107 cm³/mol. The van der Waals surface area contributed by atoms with Gasteiger partial charge in [-0.1, -0.05) is 18.2 Å². The van der Waals surface area contributed by atoms with Crippen LogP contribution in [0.15, 0.2) is 54.6 Å². The highest BCUT2D eigenvalue weighted by Crippen LogP contribution is 2.32. The van der Waals surface area contributed by atoms with E-state index in [4.69, 9.17) is 4.74 Å². The second kappa shape index (κ2) is 7.06. The summed E-state index contributed by atoms with van der Waals surface area (Å²) in [6.07, 6.45) is 0.468. The summed E-state index contributed by atoms with van der Waals surface area (Å²) in [5, 5.41) is 5.92. The van der Waals surface area contributed by atoms with Crippen molar-refractivity contribution in [2.45, 2.75) is 24.9 Å². The number of benzene rings is 2. The number of para-hydroxylation sites is 1. The number of carbonyl (C=O) groups is 2. The van der Waals surface area contributed by atoms with Gasteiger partial charge in [0.1, 0.15) is 30.0 Å². The summed E-state index contributed by atoms with van der Waals surface area (Å²) in [4.78, 5) is 30.4. The van der Waals surface area contributed by atoms with E-state index in [9.17, 15) is 9.59 Å². The van der Waals surface area contributed by atoms with Gasteiger partial charge in [0.05, 0.1) is 0 Å². The average molecular weight is 393 g/mol. The van der Waals surface area contributed by atoms with E-state index in [2.05, 4.69) is 20.4 Å². The van der Waals surface area contributed by atoms with Crippen molar-refractivity contribution in [1.29, 1.82) is 0 Å². The average Bonchev–Trinajstić information content (AvgIpc) is 3.14. The number of urea groups is 1. The monoisotopic (exact) mass is 393 g/mol. The van der Waals surface area contributed by atoms with Crippen LogP contribution in [-0.2, 0) is 4.79 Å². The third-order valence-corrected chi connectivity index (χ3v) is 5.78. The van der Waals surface area contributed by atoms with Crippen LogP contribution in [0.3, 0.4) is 0 Å². The second-order valence-electron chi connectivity index (χ2n) is 7.53. The van der Waals surface area contributed by atoms with Crippen LogP contribution < -0.4 is 20.3 Å². The number of fused-ring (bicyclic) bond motifs is 3. The first-order valence-corrected chi connectivity index (χ1v) is 9.81. The molecule has 2 aromatic rings. The topological polar surface area (TPSA) is 77.2 Å². The van der Waals surface area contributed by atoms with E-state index in [1.807, 2.05) is 54.6 Å². The van der Waals surface area contributed by atoms with Gasteiger partial charge in [-0.05, 0) is 42.8 Å². The Hall–Kier alpha value is -3.10. The lowest BCUT2D eigenvalue weighted by atomic mass is 10.1. The molecule has 0 radical (unpaired) electrons. The van der Waals surface area contributed by atoms with Gasteiger partial charge in [0, 0.05) is 25.8 Å². The Balaban J connectivity index is 1.36. The van der Waals surface area contributed by atoms with Crippen LogP contribution in [0.25, 0.3) is 0 Å². The second-order valence-corrected chi connectivity index (χ2v) is 7.53. The Morgan fingerprint density at radius 2 is 1.69 bits per heavy atom. The van der Waals surface area contributed by atoms with Crippen molar-refractivity contribution >= 4 is 17.6 Å². The molecule has 8 nitrogen and oxygen atoms in total. The van der Waals surface area contributed by atoms with Crippen LogP contribution in [0, 0.1) is 0 Å². The molecule has 0 saturated carbocycles. The van der Waals surface area contributed by atoms with Gasteiger partial charge in [0.2, 0.25) is 5.91 Å². The van der Waals surface area contributed by atoms with E-state index in [0.717, 1.165) is 36.7 Å². The van der Waals surface area contributed by atoms with Crippen molar-refractivity contribution in [2.24, 2.45) is 0 Å². The number of likely N-dealkylation sites (N-methyl/N-ethyl adjacent to an activating group) is 1. The molecule has 0 aromatic heterocycles. The van der Waals surface area contributed by atoms with E-state index in [1.165, 1.54) is 0 Å². The number of carbonyl (C=O) groups excluding carboxylic acids is 2. The number of hydrogen-bond acceptors (Lipinski definition) is 6. The SMILES string of the molecule is CN1C(=O)NC(=O)C2C1NC1N(c3ccc(Oc4ccccc4)cc3)CCCN21. The van der Waals surface area contributed by atoms with Crippen LogP contribution in [0.5, 0.6) is 11.5 Å². The summed E-state index contributed by atoms with van der Waals surface area (Å²) in [6.45, 7) is 1.67. The smallest absolute Gasteiger partial charge is 0.325 e. The highest BCUT2D eigenvalue weighted by atomic mass is 16.5. The summed E-state index contributed by atoms with van der Waals surface area (Å²) in [7, 11) is 1.71. The number of rotatable bonds is 3. The van der Waals surface area contributed by atoms with Gasteiger partial charge >= 0.3 is 6.03 Å². The zero-order valence-corrected chi connectivity index (χ0v) is 16.1. The fourth-order valence-electron chi connectivity index (χ4n) is 4.36. The van der Waals surface area contributed by atoms with Gasteiger partial charge in [-0.3, -0.25) is 20.3 Å². The van der Waals surface area contributed by atoms with E-state index in [-0.39, 0.29) is 30.4 Å². The van der Waals surface area contributed by atoms with Crippen molar-refractivity contribution in [3.05, 3.63) is 54.6 Å². The molecule has 150 valence electrons. The van der Waals surface area contributed by atoms with E-state index in [1.54, 1.807) is 11.9 Å². The fourth-order valence-corrected chi connectivity index (χ4v) is 4.36. The highest BCUT2D eigenvalue weighted by Gasteiger charge is 2.53. The summed E-state index contributed by atoms with van der Waals surface area (Å²) in [6, 6.07) is 16.9. The molecule has 3 fully saturated rings. The van der Waals surface area contributed by atoms with E-state index < -0.39 is 0 Å². The molecule has 0 spiro atoms. The minimum absolute atomic E-state index is 0.140. The zero-order chi connectivity index (χ0) is 20.0. The van der Waals surface area contributed by atoms with Gasteiger partial charge in [0.25, 0.3) is 0 Å². The maximum atomic E-state index is 12.5. The molecule has 3 aliphatic rings. The van der Waals surface area contributed by atoms with E-state index >= 15 is 0 Å². The van der Waals surface area contributed by atoms with Crippen LogP contribution in [-0.4, -0.2) is 60.4 Å². The van der Waals surface area contributed by atoms with Crippen molar-refractivity contribution < 1.29 is 14.3 Å². The third kappa shape index (κ3) is 3.10. The number of nitrogens with one attached hydrogen (secondary N) is 2. The summed E-state index contributed by atoms with van der Waals surface area (Å²) in [5.74, 6) is 1.33. The Labute approximate surface area is 169 Å². The molecule has 3 aliphatic heterocycles. The lowest BCUT2D eigenvalue weighted by molar-refractivity contribution is -0.128. The Morgan fingerprint density at radius 1 is 0.966 bits per heavy atom. The maximum Gasteiger partial charge on any atom is 0.325 e. The maximum absolute atomic E-state index is 12.5. The molecular formula is C21H23N5O3. The van der Waals surface area contributed by atoms with Gasteiger partial charge in [0.15, 0.2) is 0 Å². The van der Waals surface area contributed by atoms with Gasteiger partial charge in [-0.15, -0.1) is 0 Å². The minimum Gasteiger partial charge on any atom is -0.457 e. The number of nitrogens with zero attached hydrogens (tertiary/aromatic N) is 3. The number of amides is 3. The molecule has 3 atom stereocenters. The molecule has 5 rings (SSSR count). The van der Waals surface area contributed by atoms with Crippen LogP contribution in [0.4, 0.5) is 10.5 Å². The molecule has 29 heavy (non-hydrogen) atoms. The quantitative estimate of drug-likeness (QED) is 0.828.